The van der Waals surface area contributed by atoms with Gasteiger partial charge >= 0.3 is 41.7 Å². The van der Waals surface area contributed by atoms with Crippen LogP contribution in [0.4, 0.5) is 13.2 Å². The Morgan fingerprint density at radius 1 is 1.07 bits per heavy atom. The van der Waals surface area contributed by atoms with Gasteiger partial charge in [-0.2, -0.15) is 13.2 Å². The van der Waals surface area contributed by atoms with Crippen LogP contribution in [0.3, 0.4) is 0 Å². The zero-order valence-electron chi connectivity index (χ0n) is 17.7. The van der Waals surface area contributed by atoms with Crippen molar-refractivity contribution in [3.63, 3.8) is 0 Å². The molecule has 2 aromatic rings. The molecule has 0 amide bonds. The van der Waals surface area contributed by atoms with Crippen LogP contribution in [0.15, 0.2) is 48.5 Å². The molecule has 0 aromatic heterocycles. The average molecular weight is 433 g/mol. The van der Waals surface area contributed by atoms with E-state index < -0.39 is 17.7 Å². The average Bonchev–Trinajstić information content (AvgIpc) is 3.13. The Morgan fingerprint density at radius 3 is 2.20 bits per heavy atom. The minimum Gasteiger partial charge on any atom is -1.00 e. The van der Waals surface area contributed by atoms with Gasteiger partial charge in [0, 0.05) is 12.6 Å². The first kappa shape index (κ1) is 24.5. The summed E-state index contributed by atoms with van der Waals surface area (Å²) in [7, 11) is 0. The first-order chi connectivity index (χ1) is 13.8. The fourth-order valence-electron chi connectivity index (χ4n) is 3.26. The van der Waals surface area contributed by atoms with E-state index in [-0.39, 0.29) is 43.4 Å². The molecule has 0 radical (unpaired) electrons. The van der Waals surface area contributed by atoms with E-state index in [0.29, 0.717) is 30.4 Å². The first-order valence-electron chi connectivity index (χ1n) is 9.35. The molecule has 158 valence electrons. The molecule has 0 spiro atoms. The van der Waals surface area contributed by atoms with Gasteiger partial charge in [0.1, 0.15) is 23.9 Å². The van der Waals surface area contributed by atoms with Crippen molar-refractivity contribution < 1.29 is 63.5 Å². The van der Waals surface area contributed by atoms with E-state index in [2.05, 4.69) is 4.90 Å². The number of carboxylic acids is 1. The second kappa shape index (κ2) is 11.0. The monoisotopic (exact) mass is 433 g/mol. The van der Waals surface area contributed by atoms with Gasteiger partial charge in [0.2, 0.25) is 0 Å². The molecule has 1 atom stereocenters. The zero-order chi connectivity index (χ0) is 20.9. The Morgan fingerprint density at radius 2 is 1.63 bits per heavy atom. The summed E-state index contributed by atoms with van der Waals surface area (Å²) in [5, 5.41) is 8.83. The van der Waals surface area contributed by atoms with Crippen molar-refractivity contribution in [1.29, 1.82) is 0 Å². The SMILES string of the molecule is O=C(O)CCN1CCC[C@@H]1COc1ccc(Oc2ccc(C(F)(F)F)cc2)cc1.[H-].[Na+]. The van der Waals surface area contributed by atoms with Crippen molar-refractivity contribution in [2.75, 3.05) is 19.7 Å². The molecule has 1 fully saturated rings. The fraction of sp³-hybridized carbons (Fsp3) is 0.381. The summed E-state index contributed by atoms with van der Waals surface area (Å²) in [6.07, 6.45) is -2.27. The molecule has 5 nitrogen and oxygen atoms in total. The molecular weight excluding hydrogens is 410 g/mol. The van der Waals surface area contributed by atoms with Crippen molar-refractivity contribution in [3.05, 3.63) is 54.1 Å². The van der Waals surface area contributed by atoms with Gasteiger partial charge in [-0.05, 0) is 67.9 Å². The van der Waals surface area contributed by atoms with Gasteiger partial charge < -0.3 is 16.0 Å². The number of carbonyl (C=O) groups is 1. The normalized spacial score (nSPS) is 16.7. The smallest absolute Gasteiger partial charge is 1.00 e. The van der Waals surface area contributed by atoms with Crippen molar-refractivity contribution in [3.8, 4) is 17.2 Å². The molecule has 0 saturated carbocycles. The third kappa shape index (κ3) is 7.19. The van der Waals surface area contributed by atoms with Crippen LogP contribution in [0.2, 0.25) is 0 Å². The maximum atomic E-state index is 12.6. The van der Waals surface area contributed by atoms with Crippen molar-refractivity contribution in [2.45, 2.75) is 31.5 Å². The second-order valence-corrected chi connectivity index (χ2v) is 6.88. The van der Waals surface area contributed by atoms with Crippen LogP contribution in [-0.4, -0.2) is 41.7 Å². The summed E-state index contributed by atoms with van der Waals surface area (Å²) in [5.74, 6) is 0.641. The zero-order valence-corrected chi connectivity index (χ0v) is 18.7. The van der Waals surface area contributed by atoms with E-state index in [9.17, 15) is 18.0 Å². The summed E-state index contributed by atoms with van der Waals surface area (Å²) in [4.78, 5) is 12.9. The van der Waals surface area contributed by atoms with Gasteiger partial charge in [-0.1, -0.05) is 0 Å². The minimum atomic E-state index is -4.37. The molecule has 0 bridgehead atoms. The third-order valence-corrected chi connectivity index (χ3v) is 4.80. The Kier molecular flexibility index (Phi) is 9.03. The molecular formula is C21H23F3NNaO4. The largest absolute Gasteiger partial charge is 1.00 e. The number of hydrogen-bond acceptors (Lipinski definition) is 4. The molecule has 1 N–H and O–H groups in total. The molecule has 1 heterocycles. The molecule has 1 aliphatic heterocycles. The Hall–Kier alpha value is -1.74. The second-order valence-electron chi connectivity index (χ2n) is 6.88. The number of benzene rings is 2. The van der Waals surface area contributed by atoms with Crippen molar-refractivity contribution in [2.24, 2.45) is 0 Å². The number of hydrogen-bond donors (Lipinski definition) is 1. The van der Waals surface area contributed by atoms with Gasteiger partial charge in [-0.3, -0.25) is 9.69 Å². The number of likely N-dealkylation sites (tertiary alicyclic amines) is 1. The maximum Gasteiger partial charge on any atom is 1.00 e. The van der Waals surface area contributed by atoms with Crippen molar-refractivity contribution >= 4 is 5.97 Å². The summed E-state index contributed by atoms with van der Waals surface area (Å²) in [6, 6.07) is 11.5. The summed E-state index contributed by atoms with van der Waals surface area (Å²) < 4.78 is 49.2. The van der Waals surface area contributed by atoms with Crippen LogP contribution in [-0.2, 0) is 11.0 Å². The van der Waals surface area contributed by atoms with E-state index in [0.717, 1.165) is 31.5 Å². The summed E-state index contributed by atoms with van der Waals surface area (Å²) in [6.45, 7) is 1.86. The number of halogens is 3. The molecule has 3 rings (SSSR count). The maximum absolute atomic E-state index is 12.6. The predicted molar refractivity (Wildman–Crippen MR) is 101 cm³/mol. The summed E-state index contributed by atoms with van der Waals surface area (Å²) >= 11 is 0. The molecule has 0 aliphatic carbocycles. The third-order valence-electron chi connectivity index (χ3n) is 4.80. The molecule has 1 saturated heterocycles. The van der Waals surface area contributed by atoms with E-state index in [1.165, 1.54) is 12.1 Å². The molecule has 0 unspecified atom stereocenters. The van der Waals surface area contributed by atoms with Crippen LogP contribution >= 0.6 is 0 Å². The van der Waals surface area contributed by atoms with Crippen LogP contribution in [0.1, 0.15) is 26.3 Å². The van der Waals surface area contributed by atoms with Gasteiger partial charge in [0.25, 0.3) is 0 Å². The number of alkyl halides is 3. The number of rotatable bonds is 8. The standard InChI is InChI=1S/C21H22F3NO4.Na.H/c22-21(23,24)15-3-5-18(6-4-15)29-19-9-7-17(8-10-19)28-14-16-2-1-12-25(16)13-11-20(26)27;;/h3-10,16H,1-2,11-14H2,(H,26,27);;/q;+1;-1/t16-;;/m1../s1. The molecule has 1 aliphatic rings. The quantitative estimate of drug-likeness (QED) is 0.645. The number of nitrogens with zero attached hydrogens (tertiary/aromatic N) is 1. The van der Waals surface area contributed by atoms with Gasteiger partial charge in [-0.15, -0.1) is 0 Å². The molecule has 2 aromatic carbocycles. The number of aliphatic carboxylic acids is 1. The van der Waals surface area contributed by atoms with Gasteiger partial charge in [0.15, 0.2) is 0 Å². The fourth-order valence-corrected chi connectivity index (χ4v) is 3.26. The topological polar surface area (TPSA) is 59.0 Å². The van der Waals surface area contributed by atoms with E-state index in [1.54, 1.807) is 24.3 Å². The van der Waals surface area contributed by atoms with Crippen molar-refractivity contribution in [1.82, 2.24) is 4.90 Å². The Balaban J connectivity index is 0.00000240. The Labute approximate surface area is 196 Å². The first-order valence-corrected chi connectivity index (χ1v) is 9.35. The summed E-state index contributed by atoms with van der Waals surface area (Å²) in [5.41, 5.74) is -0.724. The minimum absolute atomic E-state index is 0. The molecule has 9 heteroatoms. The van der Waals surface area contributed by atoms with Crippen LogP contribution in [0, 0.1) is 0 Å². The number of ether oxygens (including phenoxy) is 2. The molecule has 30 heavy (non-hydrogen) atoms. The number of carboxylic acid groups (broad SMARTS) is 1. The van der Waals surface area contributed by atoms with Crippen LogP contribution < -0.4 is 39.0 Å². The van der Waals surface area contributed by atoms with E-state index >= 15 is 0 Å². The van der Waals surface area contributed by atoms with E-state index in [4.69, 9.17) is 14.6 Å². The van der Waals surface area contributed by atoms with Crippen LogP contribution in [0.5, 0.6) is 17.2 Å². The van der Waals surface area contributed by atoms with Gasteiger partial charge in [0.05, 0.1) is 12.0 Å². The van der Waals surface area contributed by atoms with Gasteiger partial charge in [-0.25, -0.2) is 0 Å². The Bertz CT molecular complexity index is 819. The predicted octanol–water partition coefficient (Wildman–Crippen LogP) is 1.93. The van der Waals surface area contributed by atoms with Crippen LogP contribution in [0.25, 0.3) is 0 Å². The van der Waals surface area contributed by atoms with E-state index in [1.807, 2.05) is 0 Å².